The Morgan fingerprint density at radius 2 is 1.65 bits per heavy atom. The van der Waals surface area contributed by atoms with Crippen LogP contribution in [0.5, 0.6) is 0 Å². The minimum atomic E-state index is -3.55. The fraction of sp³-hybridized carbons (Fsp3) is 0.316. The van der Waals surface area contributed by atoms with Crippen LogP contribution < -0.4 is 0 Å². The molecule has 5 nitrogen and oxygen atoms in total. The monoisotopic (exact) mass is 378 g/mol. The highest BCUT2D eigenvalue weighted by atomic mass is 32.2. The molecule has 2 rings (SSSR count). The van der Waals surface area contributed by atoms with Gasteiger partial charge in [-0.25, -0.2) is 12.8 Å². The standard InChI is InChI=1S/C19H23FN2O3S/c1-4-22(5-2)26(24,25)18-11-9-16(10-12-18)19(23)21(3)14-15-7-6-8-17(20)13-15/h6-13H,4-5,14H2,1-3H3. The lowest BCUT2D eigenvalue weighted by molar-refractivity contribution is 0.0785. The molecule has 0 saturated heterocycles. The Balaban J connectivity index is 2.15. The van der Waals surface area contributed by atoms with E-state index < -0.39 is 10.0 Å². The molecule has 0 bridgehead atoms. The van der Waals surface area contributed by atoms with Crippen LogP contribution in [0.2, 0.25) is 0 Å². The molecule has 0 radical (unpaired) electrons. The molecule has 0 aromatic heterocycles. The van der Waals surface area contributed by atoms with Crippen LogP contribution in [0.25, 0.3) is 0 Å². The lowest BCUT2D eigenvalue weighted by Crippen LogP contribution is -2.30. The maximum absolute atomic E-state index is 13.3. The summed E-state index contributed by atoms with van der Waals surface area (Å²) in [4.78, 5) is 14.1. The van der Waals surface area contributed by atoms with Gasteiger partial charge in [-0.3, -0.25) is 4.79 Å². The van der Waals surface area contributed by atoms with E-state index in [4.69, 9.17) is 0 Å². The van der Waals surface area contributed by atoms with Gasteiger partial charge in [-0.05, 0) is 42.0 Å². The Bertz CT molecular complexity index is 863. The number of rotatable bonds is 7. The van der Waals surface area contributed by atoms with Gasteiger partial charge < -0.3 is 4.90 Å². The van der Waals surface area contributed by atoms with Crippen LogP contribution in [0.15, 0.2) is 53.4 Å². The van der Waals surface area contributed by atoms with Crippen molar-refractivity contribution in [2.24, 2.45) is 0 Å². The number of carbonyl (C=O) groups excluding carboxylic acids is 1. The van der Waals surface area contributed by atoms with Crippen LogP contribution in [0.4, 0.5) is 4.39 Å². The molecule has 0 fully saturated rings. The van der Waals surface area contributed by atoms with Crippen molar-refractivity contribution in [2.75, 3.05) is 20.1 Å². The zero-order valence-corrected chi connectivity index (χ0v) is 16.0. The van der Waals surface area contributed by atoms with E-state index in [9.17, 15) is 17.6 Å². The third kappa shape index (κ3) is 4.47. The molecule has 26 heavy (non-hydrogen) atoms. The second kappa shape index (κ2) is 8.42. The molecule has 7 heteroatoms. The summed E-state index contributed by atoms with van der Waals surface area (Å²) in [5.74, 6) is -0.615. The topological polar surface area (TPSA) is 57.7 Å². The van der Waals surface area contributed by atoms with Crippen LogP contribution in [0, 0.1) is 5.82 Å². The Labute approximate surface area is 154 Å². The van der Waals surface area contributed by atoms with Gasteiger partial charge in [0, 0.05) is 32.2 Å². The number of amides is 1. The van der Waals surface area contributed by atoms with E-state index in [1.54, 1.807) is 33.0 Å². The summed E-state index contributed by atoms with van der Waals surface area (Å²) in [7, 11) is -1.93. The molecule has 0 atom stereocenters. The quantitative estimate of drug-likeness (QED) is 0.744. The number of carbonyl (C=O) groups is 1. The maximum Gasteiger partial charge on any atom is 0.253 e. The van der Waals surface area contributed by atoms with Crippen LogP contribution in [0.1, 0.15) is 29.8 Å². The van der Waals surface area contributed by atoms with E-state index in [0.717, 1.165) is 0 Å². The van der Waals surface area contributed by atoms with Crippen molar-refractivity contribution in [1.82, 2.24) is 9.21 Å². The SMILES string of the molecule is CCN(CC)S(=O)(=O)c1ccc(C(=O)N(C)Cc2cccc(F)c2)cc1. The minimum absolute atomic E-state index is 0.158. The summed E-state index contributed by atoms with van der Waals surface area (Å²) in [6.45, 7) is 4.59. The molecular formula is C19H23FN2O3S. The van der Waals surface area contributed by atoms with Gasteiger partial charge in [-0.2, -0.15) is 4.31 Å². The predicted molar refractivity (Wildman–Crippen MR) is 98.7 cm³/mol. The van der Waals surface area contributed by atoms with E-state index in [1.807, 2.05) is 0 Å². The first-order chi connectivity index (χ1) is 12.3. The Kier molecular flexibility index (Phi) is 6.50. The van der Waals surface area contributed by atoms with Crippen molar-refractivity contribution >= 4 is 15.9 Å². The largest absolute Gasteiger partial charge is 0.337 e. The first-order valence-corrected chi connectivity index (χ1v) is 9.83. The number of sulfonamides is 1. The fourth-order valence-corrected chi connectivity index (χ4v) is 4.14. The smallest absolute Gasteiger partial charge is 0.253 e. The maximum atomic E-state index is 13.3. The van der Waals surface area contributed by atoms with Crippen molar-refractivity contribution in [3.05, 3.63) is 65.5 Å². The summed E-state index contributed by atoms with van der Waals surface area (Å²) >= 11 is 0. The summed E-state index contributed by atoms with van der Waals surface area (Å²) in [6, 6.07) is 11.9. The number of benzene rings is 2. The highest BCUT2D eigenvalue weighted by Crippen LogP contribution is 2.17. The Hall–Kier alpha value is -2.25. The van der Waals surface area contributed by atoms with Gasteiger partial charge in [0.2, 0.25) is 10.0 Å². The van der Waals surface area contributed by atoms with E-state index >= 15 is 0 Å². The lowest BCUT2D eigenvalue weighted by atomic mass is 10.1. The molecule has 140 valence electrons. The molecule has 0 N–H and O–H groups in total. The van der Waals surface area contributed by atoms with Gasteiger partial charge in [-0.1, -0.05) is 26.0 Å². The van der Waals surface area contributed by atoms with Crippen LogP contribution in [0.3, 0.4) is 0 Å². The zero-order chi connectivity index (χ0) is 19.3. The third-order valence-electron chi connectivity index (χ3n) is 4.10. The molecule has 2 aromatic rings. The highest BCUT2D eigenvalue weighted by molar-refractivity contribution is 7.89. The molecule has 2 aromatic carbocycles. The van der Waals surface area contributed by atoms with Gasteiger partial charge in [0.15, 0.2) is 0 Å². The predicted octanol–water partition coefficient (Wildman–Crippen LogP) is 3.13. The molecule has 0 spiro atoms. The molecule has 0 heterocycles. The van der Waals surface area contributed by atoms with Crippen molar-refractivity contribution in [1.29, 1.82) is 0 Å². The first-order valence-electron chi connectivity index (χ1n) is 8.39. The minimum Gasteiger partial charge on any atom is -0.337 e. The molecule has 1 amide bonds. The Morgan fingerprint density at radius 1 is 1.04 bits per heavy atom. The second-order valence-corrected chi connectivity index (χ2v) is 7.84. The van der Waals surface area contributed by atoms with Gasteiger partial charge in [0.1, 0.15) is 5.82 Å². The van der Waals surface area contributed by atoms with Gasteiger partial charge in [-0.15, -0.1) is 0 Å². The van der Waals surface area contributed by atoms with Crippen LogP contribution in [-0.4, -0.2) is 43.7 Å². The summed E-state index contributed by atoms with van der Waals surface area (Å²) in [5, 5.41) is 0. The number of nitrogens with zero attached hydrogens (tertiary/aromatic N) is 2. The molecule has 0 aliphatic heterocycles. The number of hydrogen-bond donors (Lipinski definition) is 0. The van der Waals surface area contributed by atoms with E-state index in [0.29, 0.717) is 24.2 Å². The van der Waals surface area contributed by atoms with Crippen LogP contribution in [-0.2, 0) is 16.6 Å². The summed E-state index contributed by atoms with van der Waals surface area (Å²) in [5.41, 5.74) is 1.06. The van der Waals surface area contributed by atoms with Crippen molar-refractivity contribution in [3.63, 3.8) is 0 Å². The van der Waals surface area contributed by atoms with Crippen molar-refractivity contribution in [3.8, 4) is 0 Å². The summed E-state index contributed by atoms with van der Waals surface area (Å²) in [6.07, 6.45) is 0. The molecule has 0 unspecified atom stereocenters. The average Bonchev–Trinajstić information content (AvgIpc) is 2.62. The van der Waals surface area contributed by atoms with E-state index in [1.165, 1.54) is 45.6 Å². The van der Waals surface area contributed by atoms with Gasteiger partial charge in [0.05, 0.1) is 4.90 Å². The number of hydrogen-bond acceptors (Lipinski definition) is 3. The Morgan fingerprint density at radius 3 is 2.19 bits per heavy atom. The average molecular weight is 378 g/mol. The summed E-state index contributed by atoms with van der Waals surface area (Å²) < 4.78 is 39.6. The van der Waals surface area contributed by atoms with Crippen molar-refractivity contribution in [2.45, 2.75) is 25.3 Å². The molecular weight excluding hydrogens is 355 g/mol. The van der Waals surface area contributed by atoms with E-state index in [-0.39, 0.29) is 23.2 Å². The van der Waals surface area contributed by atoms with Crippen molar-refractivity contribution < 1.29 is 17.6 Å². The molecule has 0 aliphatic rings. The van der Waals surface area contributed by atoms with Gasteiger partial charge >= 0.3 is 0 Å². The third-order valence-corrected chi connectivity index (χ3v) is 6.16. The normalized spacial score (nSPS) is 11.6. The van der Waals surface area contributed by atoms with Crippen LogP contribution >= 0.6 is 0 Å². The first kappa shape index (κ1) is 20.1. The number of halogens is 1. The zero-order valence-electron chi connectivity index (χ0n) is 15.1. The lowest BCUT2D eigenvalue weighted by Gasteiger charge is -2.19. The fourth-order valence-electron chi connectivity index (χ4n) is 2.68. The van der Waals surface area contributed by atoms with Gasteiger partial charge in [0.25, 0.3) is 5.91 Å². The van der Waals surface area contributed by atoms with E-state index in [2.05, 4.69) is 0 Å². The molecule has 0 saturated carbocycles. The molecule has 0 aliphatic carbocycles. The highest BCUT2D eigenvalue weighted by Gasteiger charge is 2.22. The second-order valence-electron chi connectivity index (χ2n) is 5.90.